The van der Waals surface area contributed by atoms with Crippen molar-refractivity contribution in [2.45, 2.75) is 181 Å². The molecule has 0 aromatic heterocycles. The molecule has 206 valence electrons. The van der Waals surface area contributed by atoms with Crippen molar-refractivity contribution in [2.75, 3.05) is 26.2 Å². The van der Waals surface area contributed by atoms with Gasteiger partial charge in [-0.15, -0.1) is 0 Å². The van der Waals surface area contributed by atoms with Crippen LogP contribution in [-0.4, -0.2) is 26.2 Å². The van der Waals surface area contributed by atoms with Gasteiger partial charge < -0.3 is 10.6 Å². The zero-order valence-electron chi connectivity index (χ0n) is 24.2. The molecule has 0 bridgehead atoms. The minimum absolute atomic E-state index is 1.23. The van der Waals surface area contributed by atoms with Crippen LogP contribution in [-0.2, 0) is 0 Å². The van der Waals surface area contributed by atoms with Gasteiger partial charge >= 0.3 is 0 Å². The summed E-state index contributed by atoms with van der Waals surface area (Å²) >= 11 is 0. The Morgan fingerprint density at radius 3 is 0.618 bits per heavy atom. The monoisotopic (exact) mass is 481 g/mol. The molecule has 0 heterocycles. The fraction of sp³-hybridized carbons (Fsp3) is 1.00. The van der Waals surface area contributed by atoms with Gasteiger partial charge in [-0.2, -0.15) is 0 Å². The predicted octanol–water partition coefficient (Wildman–Crippen LogP) is 10.3. The Hall–Kier alpha value is -0.0800. The van der Waals surface area contributed by atoms with E-state index >= 15 is 0 Å². The third-order valence-electron chi connectivity index (χ3n) is 7.37. The highest BCUT2D eigenvalue weighted by Crippen LogP contribution is 2.12. The molecule has 34 heavy (non-hydrogen) atoms. The van der Waals surface area contributed by atoms with Crippen molar-refractivity contribution in [3.8, 4) is 0 Å². The molecule has 0 radical (unpaired) electrons. The van der Waals surface area contributed by atoms with Gasteiger partial charge in [0.15, 0.2) is 0 Å². The first kappa shape index (κ1) is 33.9. The van der Waals surface area contributed by atoms with Crippen molar-refractivity contribution >= 4 is 0 Å². The Balaban J connectivity index is 2.99. The van der Waals surface area contributed by atoms with Crippen molar-refractivity contribution < 1.29 is 0 Å². The molecule has 2 N–H and O–H groups in total. The average Bonchev–Trinajstić information content (AvgIpc) is 2.85. The maximum absolute atomic E-state index is 3.66. The van der Waals surface area contributed by atoms with E-state index in [0.717, 1.165) is 0 Å². The number of rotatable bonds is 31. The lowest BCUT2D eigenvalue weighted by atomic mass is 10.1. The van der Waals surface area contributed by atoms with E-state index in [2.05, 4.69) is 24.5 Å². The van der Waals surface area contributed by atoms with Crippen molar-refractivity contribution in [1.29, 1.82) is 0 Å². The first-order valence-corrected chi connectivity index (χ1v) is 16.3. The van der Waals surface area contributed by atoms with Crippen LogP contribution in [0.3, 0.4) is 0 Å². The van der Waals surface area contributed by atoms with Crippen LogP contribution in [0.4, 0.5) is 0 Å². The molecule has 0 unspecified atom stereocenters. The Bertz CT molecular complexity index is 299. The van der Waals surface area contributed by atoms with E-state index in [0.29, 0.717) is 0 Å². The second-order valence-electron chi connectivity index (χ2n) is 11.0. The van der Waals surface area contributed by atoms with Gasteiger partial charge in [0.25, 0.3) is 0 Å². The van der Waals surface area contributed by atoms with Gasteiger partial charge in [0.05, 0.1) is 0 Å². The van der Waals surface area contributed by atoms with E-state index < -0.39 is 0 Å². The van der Waals surface area contributed by atoms with Gasteiger partial charge in [-0.3, -0.25) is 0 Å². The summed E-state index contributed by atoms with van der Waals surface area (Å²) in [6.45, 7) is 9.52. The standard InChI is InChI=1S/C32H68N2/c1-3-5-7-9-11-13-15-17-19-21-25-29-33-31-27-23-24-28-32-34-30-26-22-20-18-16-14-12-10-8-6-4-2/h33-34H,3-32H2,1-2H3. The molecule has 0 aliphatic rings. The van der Waals surface area contributed by atoms with E-state index in [1.807, 2.05) is 0 Å². The topological polar surface area (TPSA) is 24.1 Å². The Labute approximate surface area is 217 Å². The molecule has 0 saturated carbocycles. The van der Waals surface area contributed by atoms with Crippen LogP contribution in [0.5, 0.6) is 0 Å². The molecule has 2 heteroatoms. The van der Waals surface area contributed by atoms with Gasteiger partial charge in [0, 0.05) is 0 Å². The molecule has 0 rings (SSSR count). The van der Waals surface area contributed by atoms with Crippen LogP contribution >= 0.6 is 0 Å². The Morgan fingerprint density at radius 2 is 0.412 bits per heavy atom. The molecule has 0 aliphatic carbocycles. The van der Waals surface area contributed by atoms with Crippen LogP contribution in [0.1, 0.15) is 181 Å². The van der Waals surface area contributed by atoms with Crippen molar-refractivity contribution in [3.05, 3.63) is 0 Å². The molecule has 0 spiro atoms. The first-order valence-electron chi connectivity index (χ1n) is 16.3. The molecular formula is C32H68N2. The fourth-order valence-corrected chi connectivity index (χ4v) is 4.93. The summed E-state index contributed by atoms with van der Waals surface area (Å²) in [6, 6.07) is 0. The predicted molar refractivity (Wildman–Crippen MR) is 157 cm³/mol. The summed E-state index contributed by atoms with van der Waals surface area (Å²) < 4.78 is 0. The second-order valence-corrected chi connectivity index (χ2v) is 11.0. The van der Waals surface area contributed by atoms with Gasteiger partial charge in [0.2, 0.25) is 0 Å². The third-order valence-corrected chi connectivity index (χ3v) is 7.37. The van der Waals surface area contributed by atoms with Crippen molar-refractivity contribution in [3.63, 3.8) is 0 Å². The van der Waals surface area contributed by atoms with E-state index in [-0.39, 0.29) is 0 Å². The van der Waals surface area contributed by atoms with E-state index in [1.54, 1.807) is 0 Å². The third kappa shape index (κ3) is 31.9. The molecule has 0 amide bonds. The quantitative estimate of drug-likeness (QED) is 0.0964. The first-order chi connectivity index (χ1) is 16.9. The van der Waals surface area contributed by atoms with Crippen LogP contribution in [0.2, 0.25) is 0 Å². The van der Waals surface area contributed by atoms with E-state index in [9.17, 15) is 0 Å². The highest BCUT2D eigenvalue weighted by molar-refractivity contribution is 4.55. The van der Waals surface area contributed by atoms with Gasteiger partial charge in [-0.25, -0.2) is 0 Å². The minimum atomic E-state index is 1.23. The molecule has 2 nitrogen and oxygen atoms in total. The van der Waals surface area contributed by atoms with Crippen LogP contribution in [0.25, 0.3) is 0 Å². The summed E-state index contributed by atoms with van der Waals surface area (Å²) in [5, 5.41) is 7.31. The lowest BCUT2D eigenvalue weighted by Crippen LogP contribution is -2.17. The molecule has 0 atom stereocenters. The second kappa shape index (κ2) is 32.9. The summed E-state index contributed by atoms with van der Waals surface area (Å²) in [4.78, 5) is 0. The lowest BCUT2D eigenvalue weighted by Gasteiger charge is -2.07. The van der Waals surface area contributed by atoms with Crippen LogP contribution < -0.4 is 10.6 Å². The summed E-state index contributed by atoms with van der Waals surface area (Å²) in [5.41, 5.74) is 0. The minimum Gasteiger partial charge on any atom is -0.317 e. The average molecular weight is 481 g/mol. The maximum Gasteiger partial charge on any atom is -0.00489 e. The molecule has 0 saturated heterocycles. The normalized spacial score (nSPS) is 11.5. The zero-order chi connectivity index (χ0) is 24.6. The molecule has 0 aromatic carbocycles. The Morgan fingerprint density at radius 1 is 0.235 bits per heavy atom. The smallest absolute Gasteiger partial charge is 0.00489 e. The van der Waals surface area contributed by atoms with Crippen molar-refractivity contribution in [1.82, 2.24) is 10.6 Å². The molecular weight excluding hydrogens is 412 g/mol. The highest BCUT2D eigenvalue weighted by Gasteiger charge is 1.96. The number of hydrogen-bond acceptors (Lipinski definition) is 2. The highest BCUT2D eigenvalue weighted by atomic mass is 14.8. The van der Waals surface area contributed by atoms with Crippen molar-refractivity contribution in [2.24, 2.45) is 0 Å². The number of hydrogen-bond donors (Lipinski definition) is 2. The molecule has 0 fully saturated rings. The summed E-state index contributed by atoms with van der Waals surface area (Å²) in [6.07, 6.45) is 37.2. The van der Waals surface area contributed by atoms with Gasteiger partial charge in [-0.1, -0.05) is 155 Å². The largest absolute Gasteiger partial charge is 0.317 e. The summed E-state index contributed by atoms with van der Waals surface area (Å²) in [5.74, 6) is 0. The SMILES string of the molecule is CCCCCCCCCCCCCNCCCCCCNCCCCCCCCCCCCC. The molecule has 0 aliphatic heterocycles. The number of unbranched alkanes of at least 4 members (excludes halogenated alkanes) is 23. The number of nitrogens with one attached hydrogen (secondary N) is 2. The van der Waals surface area contributed by atoms with Crippen LogP contribution in [0.15, 0.2) is 0 Å². The lowest BCUT2D eigenvalue weighted by molar-refractivity contribution is 0.521. The van der Waals surface area contributed by atoms with E-state index in [1.165, 1.54) is 193 Å². The summed E-state index contributed by atoms with van der Waals surface area (Å²) in [7, 11) is 0. The Kier molecular flexibility index (Phi) is 32.8. The van der Waals surface area contributed by atoms with Crippen LogP contribution in [0, 0.1) is 0 Å². The maximum atomic E-state index is 3.66. The molecule has 0 aromatic rings. The van der Waals surface area contributed by atoms with Gasteiger partial charge in [0.1, 0.15) is 0 Å². The van der Waals surface area contributed by atoms with Gasteiger partial charge in [-0.05, 0) is 51.9 Å². The van der Waals surface area contributed by atoms with E-state index in [4.69, 9.17) is 0 Å². The zero-order valence-corrected chi connectivity index (χ0v) is 24.2. The fourth-order valence-electron chi connectivity index (χ4n) is 4.93.